The molecule has 0 radical (unpaired) electrons. The fraction of sp³-hybridized carbons (Fsp3) is 0.400. The molecule has 110 valence electrons. The molecule has 3 rings (SSSR count). The molecule has 0 saturated heterocycles. The molecule has 1 aromatic heterocycles. The summed E-state index contributed by atoms with van der Waals surface area (Å²) in [5.41, 5.74) is 1.28. The van der Waals surface area contributed by atoms with Crippen molar-refractivity contribution in [1.82, 2.24) is 14.5 Å². The van der Waals surface area contributed by atoms with E-state index in [2.05, 4.69) is 9.59 Å². The lowest BCUT2D eigenvalue weighted by Crippen LogP contribution is -2.33. The highest BCUT2D eigenvalue weighted by molar-refractivity contribution is 7.08. The number of hydrogen-bond donors (Lipinski definition) is 0. The highest BCUT2D eigenvalue weighted by atomic mass is 32.1. The van der Waals surface area contributed by atoms with Crippen molar-refractivity contribution >= 4 is 17.4 Å². The highest BCUT2D eigenvalue weighted by Crippen LogP contribution is 2.31. The molecule has 1 aromatic carbocycles. The van der Waals surface area contributed by atoms with Crippen molar-refractivity contribution in [3.05, 3.63) is 46.2 Å². The summed E-state index contributed by atoms with van der Waals surface area (Å²) in [4.78, 5) is 15.1. The van der Waals surface area contributed by atoms with Gasteiger partial charge in [0.15, 0.2) is 0 Å². The maximum absolute atomic E-state index is 13.8. The number of nitrogens with zero attached hydrogens (tertiary/aromatic N) is 3. The zero-order chi connectivity index (χ0) is 14.8. The molecule has 0 bridgehead atoms. The molecule has 4 nitrogen and oxygen atoms in total. The number of amides is 1. The van der Waals surface area contributed by atoms with E-state index in [0.29, 0.717) is 23.4 Å². The number of aromatic nitrogens is 2. The Labute approximate surface area is 126 Å². The van der Waals surface area contributed by atoms with E-state index in [1.54, 1.807) is 23.1 Å². The average Bonchev–Trinajstić information content (AvgIpc) is 3.22. The molecule has 1 aliphatic rings. The first-order chi connectivity index (χ1) is 10.2. The summed E-state index contributed by atoms with van der Waals surface area (Å²) in [6.45, 7) is 2.25. The second-order valence-corrected chi connectivity index (χ2v) is 5.91. The summed E-state index contributed by atoms with van der Waals surface area (Å²) in [6.07, 6.45) is 2.64. The largest absolute Gasteiger partial charge is 0.330 e. The molecule has 0 atom stereocenters. The molecule has 0 aliphatic heterocycles. The number of halogens is 1. The number of carbonyl (C=O) groups is 1. The topological polar surface area (TPSA) is 46.1 Å². The minimum atomic E-state index is -0.269. The lowest BCUT2D eigenvalue weighted by Gasteiger charge is -2.22. The van der Waals surface area contributed by atoms with Crippen LogP contribution in [0, 0.1) is 5.82 Å². The molecular weight excluding hydrogens is 289 g/mol. The van der Waals surface area contributed by atoms with Gasteiger partial charge in [-0.3, -0.25) is 4.79 Å². The van der Waals surface area contributed by atoms with Crippen molar-refractivity contribution in [3.8, 4) is 0 Å². The number of rotatable bonds is 5. The number of hydrogen-bond acceptors (Lipinski definition) is 4. The van der Waals surface area contributed by atoms with Gasteiger partial charge >= 0.3 is 0 Å². The Balaban J connectivity index is 1.85. The minimum Gasteiger partial charge on any atom is -0.330 e. The molecule has 1 aliphatic carbocycles. The Kier molecular flexibility index (Phi) is 3.96. The van der Waals surface area contributed by atoms with Crippen molar-refractivity contribution in [3.63, 3.8) is 0 Å². The fourth-order valence-corrected chi connectivity index (χ4v) is 3.00. The number of benzene rings is 1. The van der Waals surface area contributed by atoms with Gasteiger partial charge in [0.2, 0.25) is 0 Å². The van der Waals surface area contributed by atoms with Crippen LogP contribution in [-0.2, 0) is 13.0 Å². The maximum atomic E-state index is 13.8. The van der Waals surface area contributed by atoms with Gasteiger partial charge in [0.1, 0.15) is 10.7 Å². The SMILES string of the molecule is CCc1nnsc1C(=O)N(Cc1ccccc1F)C1CC1. The van der Waals surface area contributed by atoms with Gasteiger partial charge in [-0.05, 0) is 36.9 Å². The van der Waals surface area contributed by atoms with E-state index in [1.807, 2.05) is 6.92 Å². The summed E-state index contributed by atoms with van der Waals surface area (Å²) >= 11 is 1.12. The molecule has 1 amide bonds. The quantitative estimate of drug-likeness (QED) is 0.853. The molecular formula is C15H16FN3OS. The standard InChI is InChI=1S/C15H16FN3OS/c1-2-13-14(21-18-17-13)15(20)19(11-7-8-11)9-10-5-3-4-6-12(10)16/h3-6,11H,2,7-9H2,1H3. The molecule has 21 heavy (non-hydrogen) atoms. The lowest BCUT2D eigenvalue weighted by atomic mass is 10.2. The van der Waals surface area contributed by atoms with E-state index >= 15 is 0 Å². The highest BCUT2D eigenvalue weighted by Gasteiger charge is 2.35. The van der Waals surface area contributed by atoms with E-state index in [4.69, 9.17) is 0 Å². The van der Waals surface area contributed by atoms with E-state index in [9.17, 15) is 9.18 Å². The zero-order valence-electron chi connectivity index (χ0n) is 11.8. The van der Waals surface area contributed by atoms with Crippen molar-refractivity contribution in [2.45, 2.75) is 38.8 Å². The molecule has 2 aromatic rings. The van der Waals surface area contributed by atoms with Crippen LogP contribution in [0.4, 0.5) is 4.39 Å². The van der Waals surface area contributed by atoms with E-state index in [1.165, 1.54) is 6.07 Å². The smallest absolute Gasteiger partial charge is 0.268 e. The Morgan fingerprint density at radius 3 is 2.86 bits per heavy atom. The minimum absolute atomic E-state index is 0.0763. The van der Waals surface area contributed by atoms with Gasteiger partial charge in [-0.1, -0.05) is 29.6 Å². The fourth-order valence-electron chi connectivity index (χ4n) is 2.30. The second-order valence-electron chi connectivity index (χ2n) is 5.16. The third kappa shape index (κ3) is 2.95. The third-order valence-electron chi connectivity index (χ3n) is 3.63. The zero-order valence-corrected chi connectivity index (χ0v) is 12.6. The Hall–Kier alpha value is -1.82. The molecule has 6 heteroatoms. The van der Waals surface area contributed by atoms with Crippen molar-refractivity contribution < 1.29 is 9.18 Å². The number of aryl methyl sites for hydroxylation is 1. The molecule has 1 fully saturated rings. The average molecular weight is 305 g/mol. The summed E-state index contributed by atoms with van der Waals surface area (Å²) in [5, 5.41) is 3.99. The Morgan fingerprint density at radius 2 is 2.19 bits per heavy atom. The van der Waals surface area contributed by atoms with Crippen LogP contribution in [0.15, 0.2) is 24.3 Å². The third-order valence-corrected chi connectivity index (χ3v) is 4.39. The van der Waals surface area contributed by atoms with Gasteiger partial charge in [0.25, 0.3) is 5.91 Å². The number of carbonyl (C=O) groups excluding carboxylic acids is 1. The van der Waals surface area contributed by atoms with Gasteiger partial charge < -0.3 is 4.90 Å². The molecule has 0 N–H and O–H groups in total. The molecule has 0 unspecified atom stereocenters. The summed E-state index contributed by atoms with van der Waals surface area (Å²) < 4.78 is 17.7. The van der Waals surface area contributed by atoms with Gasteiger partial charge in [0.05, 0.1) is 5.69 Å². The summed E-state index contributed by atoms with van der Waals surface area (Å²) in [5.74, 6) is -0.346. The van der Waals surface area contributed by atoms with Gasteiger partial charge in [0, 0.05) is 18.2 Å². The van der Waals surface area contributed by atoms with Crippen LogP contribution in [0.1, 0.15) is 40.7 Å². The Morgan fingerprint density at radius 1 is 1.43 bits per heavy atom. The maximum Gasteiger partial charge on any atom is 0.268 e. The predicted octanol–water partition coefficient (Wildman–Crippen LogP) is 3.04. The van der Waals surface area contributed by atoms with Crippen molar-refractivity contribution in [2.75, 3.05) is 0 Å². The summed E-state index contributed by atoms with van der Waals surface area (Å²) in [7, 11) is 0. The van der Waals surface area contributed by atoms with Crippen LogP contribution in [0.25, 0.3) is 0 Å². The van der Waals surface area contributed by atoms with Crippen LogP contribution >= 0.6 is 11.5 Å². The van der Waals surface area contributed by atoms with Crippen LogP contribution in [0.5, 0.6) is 0 Å². The molecule has 1 saturated carbocycles. The van der Waals surface area contributed by atoms with Crippen LogP contribution in [0.2, 0.25) is 0 Å². The van der Waals surface area contributed by atoms with E-state index < -0.39 is 0 Å². The molecule has 0 spiro atoms. The molecule has 1 heterocycles. The monoisotopic (exact) mass is 305 g/mol. The van der Waals surface area contributed by atoms with Crippen LogP contribution < -0.4 is 0 Å². The normalized spacial score (nSPS) is 14.2. The van der Waals surface area contributed by atoms with Crippen LogP contribution in [0.3, 0.4) is 0 Å². The second kappa shape index (κ2) is 5.89. The summed E-state index contributed by atoms with van der Waals surface area (Å²) in [6, 6.07) is 6.81. The first-order valence-electron chi connectivity index (χ1n) is 7.06. The first-order valence-corrected chi connectivity index (χ1v) is 7.83. The first kappa shape index (κ1) is 14.1. The van der Waals surface area contributed by atoms with Crippen molar-refractivity contribution in [2.24, 2.45) is 0 Å². The van der Waals surface area contributed by atoms with E-state index in [-0.39, 0.29) is 17.8 Å². The van der Waals surface area contributed by atoms with E-state index in [0.717, 1.165) is 30.1 Å². The Bertz CT molecular complexity index is 654. The van der Waals surface area contributed by atoms with Gasteiger partial charge in [-0.25, -0.2) is 4.39 Å². The predicted molar refractivity (Wildman–Crippen MR) is 78.6 cm³/mol. The van der Waals surface area contributed by atoms with Gasteiger partial charge in [-0.15, -0.1) is 5.10 Å². The van der Waals surface area contributed by atoms with Gasteiger partial charge in [-0.2, -0.15) is 0 Å². The van der Waals surface area contributed by atoms with Crippen molar-refractivity contribution in [1.29, 1.82) is 0 Å². The lowest BCUT2D eigenvalue weighted by molar-refractivity contribution is 0.0732. The van der Waals surface area contributed by atoms with Crippen LogP contribution in [-0.4, -0.2) is 26.4 Å².